The average molecular weight is 569 g/mol. The number of piperidine rings is 1. The summed E-state index contributed by atoms with van der Waals surface area (Å²) in [6.07, 6.45) is 12.0. The molecule has 8 nitrogen and oxygen atoms in total. The smallest absolute Gasteiger partial charge is 0.258 e. The van der Waals surface area contributed by atoms with E-state index in [1.54, 1.807) is 4.68 Å². The fourth-order valence-electron chi connectivity index (χ4n) is 6.86. The molecule has 3 aromatic rings. The van der Waals surface area contributed by atoms with Gasteiger partial charge in [0.1, 0.15) is 5.82 Å². The maximum atomic E-state index is 13.8. The van der Waals surface area contributed by atoms with E-state index < -0.39 is 0 Å². The minimum atomic E-state index is -0.0494. The van der Waals surface area contributed by atoms with Gasteiger partial charge in [0.15, 0.2) is 0 Å². The van der Waals surface area contributed by atoms with Crippen LogP contribution >= 0.6 is 0 Å². The predicted octanol–water partition coefficient (Wildman–Crippen LogP) is 5.73. The van der Waals surface area contributed by atoms with Crippen LogP contribution in [0.2, 0.25) is 0 Å². The number of nitrogens with zero attached hydrogens (tertiary/aromatic N) is 4. The van der Waals surface area contributed by atoms with Gasteiger partial charge in [0, 0.05) is 43.7 Å². The molecule has 0 radical (unpaired) electrons. The zero-order valence-corrected chi connectivity index (χ0v) is 25.1. The van der Waals surface area contributed by atoms with E-state index in [0.717, 1.165) is 72.3 Å². The van der Waals surface area contributed by atoms with E-state index in [0.29, 0.717) is 31.0 Å². The number of amides is 2. The molecule has 1 aliphatic carbocycles. The van der Waals surface area contributed by atoms with Crippen molar-refractivity contribution in [3.05, 3.63) is 70.9 Å². The second-order valence-electron chi connectivity index (χ2n) is 12.4. The molecule has 0 spiro atoms. The molecule has 222 valence electrons. The van der Waals surface area contributed by atoms with Crippen LogP contribution in [-0.2, 0) is 24.8 Å². The molecule has 0 unspecified atom stereocenters. The maximum absolute atomic E-state index is 13.8. The molecule has 2 N–H and O–H groups in total. The van der Waals surface area contributed by atoms with Gasteiger partial charge in [0.25, 0.3) is 5.91 Å². The number of benzene rings is 2. The van der Waals surface area contributed by atoms with Gasteiger partial charge in [-0.25, -0.2) is 0 Å². The lowest BCUT2D eigenvalue weighted by atomic mass is 9.89. The summed E-state index contributed by atoms with van der Waals surface area (Å²) in [5, 5.41) is 11.6. The van der Waals surface area contributed by atoms with E-state index in [1.807, 2.05) is 72.4 Å². The largest absolute Gasteiger partial charge is 0.343 e. The molecule has 0 atom stereocenters. The molecular formula is C34H44N6O2. The molecule has 6 rings (SSSR count). The summed E-state index contributed by atoms with van der Waals surface area (Å²) in [4.78, 5) is 30.8. The van der Waals surface area contributed by atoms with Gasteiger partial charge < -0.3 is 20.4 Å². The quantitative estimate of drug-likeness (QED) is 0.381. The second kappa shape index (κ2) is 12.7. The number of carbonyl (C=O) groups is 2. The Kier molecular flexibility index (Phi) is 8.60. The zero-order chi connectivity index (χ0) is 29.1. The maximum Gasteiger partial charge on any atom is 0.258 e. The summed E-state index contributed by atoms with van der Waals surface area (Å²) in [5.74, 6) is 1.93. The van der Waals surface area contributed by atoms with Crippen molar-refractivity contribution in [1.29, 1.82) is 0 Å². The number of hydrogen-bond donors (Lipinski definition) is 2. The van der Waals surface area contributed by atoms with Gasteiger partial charge in [-0.2, -0.15) is 5.10 Å². The first-order valence-electron chi connectivity index (χ1n) is 15.8. The number of para-hydroxylation sites is 2. The number of anilines is 3. The molecule has 3 heterocycles. The third kappa shape index (κ3) is 6.24. The van der Waals surface area contributed by atoms with Crippen LogP contribution < -0.4 is 15.5 Å². The van der Waals surface area contributed by atoms with Crippen LogP contribution in [0.1, 0.15) is 78.4 Å². The number of aromatic nitrogens is 2. The topological polar surface area (TPSA) is 82.5 Å². The van der Waals surface area contributed by atoms with Crippen molar-refractivity contribution in [2.75, 3.05) is 29.9 Å². The van der Waals surface area contributed by atoms with Crippen molar-refractivity contribution < 1.29 is 9.59 Å². The van der Waals surface area contributed by atoms with Crippen LogP contribution in [-0.4, -0.2) is 52.2 Å². The molecule has 2 fully saturated rings. The van der Waals surface area contributed by atoms with Gasteiger partial charge >= 0.3 is 0 Å². The monoisotopic (exact) mass is 568 g/mol. The van der Waals surface area contributed by atoms with Crippen molar-refractivity contribution in [3.8, 4) is 0 Å². The Morgan fingerprint density at radius 1 is 1.02 bits per heavy atom. The molecule has 1 saturated heterocycles. The summed E-state index contributed by atoms with van der Waals surface area (Å²) in [7, 11) is 1.90. The number of fused-ring (bicyclic) bond motifs is 2. The van der Waals surface area contributed by atoms with Crippen molar-refractivity contribution in [2.24, 2.45) is 13.0 Å². The molecule has 42 heavy (non-hydrogen) atoms. The van der Waals surface area contributed by atoms with Gasteiger partial charge in [-0.05, 0) is 86.9 Å². The molecule has 2 amide bonds. The van der Waals surface area contributed by atoms with Crippen molar-refractivity contribution in [3.63, 3.8) is 0 Å². The standard InChI is InChI=1S/C34H44N6O2/c1-24-20-27(34(42)40-23-28-22-36-38(2)33(28)37-30-10-6-7-11-31(30)40)13-12-26(24)14-15-32(41)39-18-16-29(17-19-39)35-21-25-8-4-3-5-9-25/h6-7,10-13,20,22,25,29,35,37H,3-5,8-9,14-19,21,23H2,1-2H3. The Bertz CT molecular complexity index is 1420. The number of carbonyl (C=O) groups excluding carboxylic acids is 2. The van der Waals surface area contributed by atoms with E-state index in [1.165, 1.54) is 32.1 Å². The molecule has 1 saturated carbocycles. The van der Waals surface area contributed by atoms with Gasteiger partial charge in [-0.15, -0.1) is 0 Å². The van der Waals surface area contributed by atoms with Crippen LogP contribution in [0.25, 0.3) is 0 Å². The van der Waals surface area contributed by atoms with Crippen LogP contribution in [0.3, 0.4) is 0 Å². The molecule has 8 heteroatoms. The van der Waals surface area contributed by atoms with E-state index >= 15 is 0 Å². The highest BCUT2D eigenvalue weighted by Crippen LogP contribution is 2.36. The van der Waals surface area contributed by atoms with Crippen LogP contribution in [0.4, 0.5) is 17.2 Å². The first-order chi connectivity index (χ1) is 20.5. The molecular weight excluding hydrogens is 524 g/mol. The number of rotatable bonds is 7. The average Bonchev–Trinajstić information content (AvgIpc) is 3.27. The van der Waals surface area contributed by atoms with Gasteiger partial charge in [-0.1, -0.05) is 37.5 Å². The van der Waals surface area contributed by atoms with Crippen molar-refractivity contribution in [1.82, 2.24) is 20.0 Å². The molecule has 3 aliphatic rings. The summed E-state index contributed by atoms with van der Waals surface area (Å²) >= 11 is 0. The van der Waals surface area contributed by atoms with Crippen LogP contribution in [0.15, 0.2) is 48.7 Å². The summed E-state index contributed by atoms with van der Waals surface area (Å²) < 4.78 is 1.80. The SMILES string of the molecule is Cc1cc(C(=O)N2Cc3cnn(C)c3Nc3ccccc32)ccc1CCC(=O)N1CCC(NCC2CCCCC2)CC1. The van der Waals surface area contributed by atoms with Crippen molar-refractivity contribution in [2.45, 2.75) is 77.3 Å². The summed E-state index contributed by atoms with van der Waals surface area (Å²) in [6, 6.07) is 14.3. The minimum absolute atomic E-state index is 0.0494. The van der Waals surface area contributed by atoms with E-state index in [4.69, 9.17) is 0 Å². The molecule has 0 bridgehead atoms. The van der Waals surface area contributed by atoms with Gasteiger partial charge in [-0.3, -0.25) is 14.3 Å². The van der Waals surface area contributed by atoms with Crippen LogP contribution in [0, 0.1) is 12.8 Å². The number of aryl methyl sites for hydroxylation is 3. The Morgan fingerprint density at radius 3 is 2.60 bits per heavy atom. The Balaban J connectivity index is 1.04. The van der Waals surface area contributed by atoms with E-state index in [2.05, 4.69) is 15.7 Å². The first-order valence-corrected chi connectivity index (χ1v) is 15.8. The number of likely N-dealkylation sites (tertiary alicyclic amines) is 1. The highest BCUT2D eigenvalue weighted by atomic mass is 16.2. The highest BCUT2D eigenvalue weighted by molar-refractivity contribution is 6.08. The summed E-state index contributed by atoms with van der Waals surface area (Å²) in [5.41, 5.74) is 5.51. The molecule has 2 aromatic carbocycles. The Morgan fingerprint density at radius 2 is 1.81 bits per heavy atom. The minimum Gasteiger partial charge on any atom is -0.343 e. The Hall–Kier alpha value is -3.65. The highest BCUT2D eigenvalue weighted by Gasteiger charge is 2.27. The van der Waals surface area contributed by atoms with Gasteiger partial charge in [0.2, 0.25) is 5.91 Å². The third-order valence-electron chi connectivity index (χ3n) is 9.50. The molecule has 1 aromatic heterocycles. The lowest BCUT2D eigenvalue weighted by Gasteiger charge is -2.34. The fourth-order valence-corrected chi connectivity index (χ4v) is 6.86. The van der Waals surface area contributed by atoms with Crippen molar-refractivity contribution >= 4 is 29.0 Å². The second-order valence-corrected chi connectivity index (χ2v) is 12.4. The lowest BCUT2D eigenvalue weighted by molar-refractivity contribution is -0.132. The predicted molar refractivity (Wildman–Crippen MR) is 167 cm³/mol. The Labute approximate surface area is 249 Å². The van der Waals surface area contributed by atoms with E-state index in [-0.39, 0.29) is 11.8 Å². The van der Waals surface area contributed by atoms with Gasteiger partial charge in [0.05, 0.1) is 24.1 Å². The number of nitrogens with one attached hydrogen (secondary N) is 2. The molecule has 2 aliphatic heterocycles. The number of hydrogen-bond acceptors (Lipinski definition) is 5. The zero-order valence-electron chi connectivity index (χ0n) is 25.1. The lowest BCUT2D eigenvalue weighted by Crippen LogP contribution is -2.46. The van der Waals surface area contributed by atoms with Crippen LogP contribution in [0.5, 0.6) is 0 Å². The fraction of sp³-hybridized carbons (Fsp3) is 0.500. The first kappa shape index (κ1) is 28.5. The van der Waals surface area contributed by atoms with E-state index in [9.17, 15) is 9.59 Å². The third-order valence-corrected chi connectivity index (χ3v) is 9.50. The summed E-state index contributed by atoms with van der Waals surface area (Å²) in [6.45, 7) is 5.31. The normalized spacial score (nSPS) is 17.8.